The Morgan fingerprint density at radius 3 is 3.00 bits per heavy atom. The molecular formula is C9H17ClN4O2. The summed E-state index contributed by atoms with van der Waals surface area (Å²) in [6, 6.07) is -0.521. The Morgan fingerprint density at radius 2 is 2.44 bits per heavy atom. The van der Waals surface area contributed by atoms with Gasteiger partial charge < -0.3 is 15.8 Å². The van der Waals surface area contributed by atoms with E-state index in [9.17, 15) is 4.79 Å². The summed E-state index contributed by atoms with van der Waals surface area (Å²) in [5.41, 5.74) is 6.06. The summed E-state index contributed by atoms with van der Waals surface area (Å²) in [7, 11) is 1.63. The highest BCUT2D eigenvalue weighted by Crippen LogP contribution is 2.04. The van der Waals surface area contributed by atoms with Crippen LogP contribution in [0.25, 0.3) is 0 Å². The standard InChI is InChI=1S/C9H16N4O2.ClH/c1-7(10)9(14)12-8-5-11-13(6-8)3-4-15-2;/h5-7H,3-4,10H2,1-2H3,(H,12,14);1H/t7-;/m1./s1. The van der Waals surface area contributed by atoms with E-state index in [1.54, 1.807) is 31.1 Å². The van der Waals surface area contributed by atoms with Gasteiger partial charge in [-0.1, -0.05) is 0 Å². The molecule has 16 heavy (non-hydrogen) atoms. The molecule has 0 spiro atoms. The number of rotatable bonds is 5. The van der Waals surface area contributed by atoms with Gasteiger partial charge in [-0.2, -0.15) is 5.10 Å². The zero-order valence-electron chi connectivity index (χ0n) is 9.34. The number of halogens is 1. The van der Waals surface area contributed by atoms with E-state index in [4.69, 9.17) is 10.5 Å². The lowest BCUT2D eigenvalue weighted by Gasteiger charge is -2.04. The van der Waals surface area contributed by atoms with E-state index in [0.29, 0.717) is 18.8 Å². The molecule has 0 aliphatic carbocycles. The minimum atomic E-state index is -0.521. The molecule has 1 aromatic heterocycles. The Bertz CT molecular complexity index is 327. The van der Waals surface area contributed by atoms with Crippen LogP contribution in [0.5, 0.6) is 0 Å². The fourth-order valence-electron chi connectivity index (χ4n) is 0.991. The number of anilines is 1. The second-order valence-electron chi connectivity index (χ2n) is 3.26. The maximum absolute atomic E-state index is 11.2. The van der Waals surface area contributed by atoms with E-state index >= 15 is 0 Å². The Balaban J connectivity index is 0.00000225. The molecule has 0 saturated carbocycles. The van der Waals surface area contributed by atoms with Gasteiger partial charge in [-0.05, 0) is 6.92 Å². The Hall–Kier alpha value is -1.11. The summed E-state index contributed by atoms with van der Waals surface area (Å²) in [6.07, 6.45) is 3.31. The molecule has 1 aromatic rings. The first-order valence-electron chi connectivity index (χ1n) is 4.71. The van der Waals surface area contributed by atoms with Gasteiger partial charge in [0.15, 0.2) is 0 Å². The predicted molar refractivity (Wildman–Crippen MR) is 63.6 cm³/mol. The molecule has 92 valence electrons. The van der Waals surface area contributed by atoms with Crippen LogP contribution in [-0.4, -0.2) is 35.4 Å². The third-order valence-corrected chi connectivity index (χ3v) is 1.84. The van der Waals surface area contributed by atoms with Crippen LogP contribution in [-0.2, 0) is 16.1 Å². The molecule has 7 heteroatoms. The number of methoxy groups -OCH3 is 1. The zero-order valence-corrected chi connectivity index (χ0v) is 10.2. The molecule has 0 radical (unpaired) electrons. The molecule has 0 fully saturated rings. The second-order valence-corrected chi connectivity index (χ2v) is 3.26. The van der Waals surface area contributed by atoms with E-state index in [-0.39, 0.29) is 18.3 Å². The third kappa shape index (κ3) is 4.61. The number of carbonyl (C=O) groups excluding carboxylic acids is 1. The van der Waals surface area contributed by atoms with Gasteiger partial charge in [0.05, 0.1) is 31.1 Å². The maximum Gasteiger partial charge on any atom is 0.241 e. The normalized spacial score (nSPS) is 11.7. The first-order chi connectivity index (χ1) is 7.13. The van der Waals surface area contributed by atoms with Gasteiger partial charge in [-0.15, -0.1) is 12.4 Å². The van der Waals surface area contributed by atoms with E-state index in [0.717, 1.165) is 0 Å². The molecule has 0 aliphatic heterocycles. The van der Waals surface area contributed by atoms with Crippen molar-refractivity contribution in [3.63, 3.8) is 0 Å². The number of hydrogen-bond acceptors (Lipinski definition) is 4. The molecule has 0 aromatic carbocycles. The summed E-state index contributed by atoms with van der Waals surface area (Å²) in [5.74, 6) is -0.221. The van der Waals surface area contributed by atoms with Gasteiger partial charge in [0.2, 0.25) is 5.91 Å². The van der Waals surface area contributed by atoms with Crippen LogP contribution in [0, 0.1) is 0 Å². The Labute approximate surface area is 101 Å². The molecule has 1 amide bonds. The number of hydrogen-bond donors (Lipinski definition) is 2. The molecule has 1 heterocycles. The van der Waals surface area contributed by atoms with E-state index in [2.05, 4.69) is 10.4 Å². The van der Waals surface area contributed by atoms with Crippen molar-refractivity contribution in [1.29, 1.82) is 0 Å². The van der Waals surface area contributed by atoms with Crippen molar-refractivity contribution in [3.05, 3.63) is 12.4 Å². The van der Waals surface area contributed by atoms with Crippen molar-refractivity contribution in [2.45, 2.75) is 19.5 Å². The van der Waals surface area contributed by atoms with E-state index < -0.39 is 6.04 Å². The van der Waals surface area contributed by atoms with Crippen molar-refractivity contribution in [3.8, 4) is 0 Å². The summed E-state index contributed by atoms with van der Waals surface area (Å²) in [4.78, 5) is 11.2. The molecule has 1 atom stereocenters. The van der Waals surface area contributed by atoms with Crippen molar-refractivity contribution in [1.82, 2.24) is 9.78 Å². The zero-order chi connectivity index (χ0) is 11.3. The van der Waals surface area contributed by atoms with Crippen molar-refractivity contribution < 1.29 is 9.53 Å². The fourth-order valence-corrected chi connectivity index (χ4v) is 0.991. The Kier molecular flexibility index (Phi) is 6.71. The highest BCUT2D eigenvalue weighted by Gasteiger charge is 2.08. The summed E-state index contributed by atoms with van der Waals surface area (Å²) >= 11 is 0. The summed E-state index contributed by atoms with van der Waals surface area (Å²) < 4.78 is 6.60. The second kappa shape index (κ2) is 7.21. The number of aromatic nitrogens is 2. The van der Waals surface area contributed by atoms with Gasteiger partial charge in [-0.25, -0.2) is 0 Å². The first kappa shape index (κ1) is 14.9. The fraction of sp³-hybridized carbons (Fsp3) is 0.556. The highest BCUT2D eigenvalue weighted by atomic mass is 35.5. The lowest BCUT2D eigenvalue weighted by Crippen LogP contribution is -2.32. The van der Waals surface area contributed by atoms with Crippen LogP contribution >= 0.6 is 12.4 Å². The third-order valence-electron chi connectivity index (χ3n) is 1.84. The molecular weight excluding hydrogens is 232 g/mol. The van der Waals surface area contributed by atoms with Gasteiger partial charge in [0.25, 0.3) is 0 Å². The monoisotopic (exact) mass is 248 g/mol. The number of nitrogens with one attached hydrogen (secondary N) is 1. The molecule has 0 bridgehead atoms. The van der Waals surface area contributed by atoms with Gasteiger partial charge in [0, 0.05) is 13.3 Å². The largest absolute Gasteiger partial charge is 0.383 e. The predicted octanol–water partition coefficient (Wildman–Crippen LogP) is 0.237. The minimum Gasteiger partial charge on any atom is -0.383 e. The van der Waals surface area contributed by atoms with Crippen molar-refractivity contribution >= 4 is 24.0 Å². The quantitative estimate of drug-likeness (QED) is 0.782. The first-order valence-corrected chi connectivity index (χ1v) is 4.71. The lowest BCUT2D eigenvalue weighted by atomic mass is 10.3. The smallest absolute Gasteiger partial charge is 0.241 e. The molecule has 6 nitrogen and oxygen atoms in total. The molecule has 0 aliphatic rings. The number of amides is 1. The molecule has 0 saturated heterocycles. The van der Waals surface area contributed by atoms with Crippen LogP contribution in [0.4, 0.5) is 5.69 Å². The maximum atomic E-state index is 11.2. The van der Waals surface area contributed by atoms with E-state index in [1.165, 1.54) is 0 Å². The summed E-state index contributed by atoms with van der Waals surface area (Å²) in [6.45, 7) is 2.87. The Morgan fingerprint density at radius 1 is 1.75 bits per heavy atom. The number of ether oxygens (including phenoxy) is 1. The topological polar surface area (TPSA) is 82.2 Å². The average molecular weight is 249 g/mol. The van der Waals surface area contributed by atoms with Crippen LogP contribution in [0.1, 0.15) is 6.92 Å². The van der Waals surface area contributed by atoms with Crippen LogP contribution in [0.3, 0.4) is 0 Å². The summed E-state index contributed by atoms with van der Waals surface area (Å²) in [5, 5.41) is 6.70. The van der Waals surface area contributed by atoms with Crippen LogP contribution < -0.4 is 11.1 Å². The van der Waals surface area contributed by atoms with Gasteiger partial charge >= 0.3 is 0 Å². The number of carbonyl (C=O) groups is 1. The number of nitrogens with two attached hydrogens (primary N) is 1. The molecule has 1 rings (SSSR count). The lowest BCUT2D eigenvalue weighted by molar-refractivity contribution is -0.117. The van der Waals surface area contributed by atoms with Crippen LogP contribution in [0.15, 0.2) is 12.4 Å². The minimum absolute atomic E-state index is 0. The highest BCUT2D eigenvalue weighted by molar-refractivity contribution is 5.94. The average Bonchev–Trinajstić information content (AvgIpc) is 2.62. The van der Waals surface area contributed by atoms with E-state index in [1.807, 2.05) is 0 Å². The van der Waals surface area contributed by atoms with Crippen LogP contribution in [0.2, 0.25) is 0 Å². The molecule has 0 unspecified atom stereocenters. The van der Waals surface area contributed by atoms with Gasteiger partial charge in [0.1, 0.15) is 0 Å². The SMILES string of the molecule is COCCn1cc(NC(=O)[C@@H](C)N)cn1.Cl. The number of nitrogens with zero attached hydrogens (tertiary/aromatic N) is 2. The van der Waals surface area contributed by atoms with Gasteiger partial charge in [-0.3, -0.25) is 9.48 Å². The van der Waals surface area contributed by atoms with Crippen molar-refractivity contribution in [2.24, 2.45) is 5.73 Å². The van der Waals surface area contributed by atoms with Crippen molar-refractivity contribution in [2.75, 3.05) is 19.0 Å². The molecule has 3 N–H and O–H groups in total.